The van der Waals surface area contributed by atoms with Crippen LogP contribution >= 0.6 is 0 Å². The van der Waals surface area contributed by atoms with Crippen molar-refractivity contribution in [1.82, 2.24) is 0 Å². The number of aliphatic hydroxyl groups excluding tert-OH is 1. The molecular weight excluding hydrogens is 467 g/mol. The summed E-state index contributed by atoms with van der Waals surface area (Å²) < 4.78 is 28.5. The highest BCUT2D eigenvalue weighted by atomic mass is 19.1. The molecule has 0 amide bonds. The Balaban J connectivity index is 1.83. The first kappa shape index (κ1) is 26.7. The number of allylic oxidation sites excluding steroid dienone is 4. The fourth-order valence-corrected chi connectivity index (χ4v) is 7.95. The molecular formula is C28H37FO7. The fourth-order valence-electron chi connectivity index (χ4n) is 7.95. The van der Waals surface area contributed by atoms with E-state index in [0.717, 1.165) is 0 Å². The number of hydrogen-bond acceptors (Lipinski definition) is 7. The lowest BCUT2D eigenvalue weighted by molar-refractivity contribution is -0.229. The highest BCUT2D eigenvalue weighted by molar-refractivity contribution is 6.01. The standard InChI is InChI=1S/C28H37FO7/c1-15(2)24(34)36-28(23(33)14-35-17(4)30)16(3)11-21-20-8-7-18-12-19(31)9-10-25(18,5)27(20,29)22(32)13-26(21,28)6/h9-10,12,15-16,20-22,32H,7-8,11,13-14H2,1-6H3/t16?,20-,21-,22?,25-,26-,27-,28-/m0/s1. The van der Waals surface area contributed by atoms with E-state index in [-0.39, 0.29) is 18.1 Å². The topological polar surface area (TPSA) is 107 Å². The number of aliphatic hydroxyl groups is 1. The second-order valence-electron chi connectivity index (χ2n) is 11.9. The number of hydrogen-bond donors (Lipinski definition) is 1. The van der Waals surface area contributed by atoms with Crippen molar-refractivity contribution in [2.24, 2.45) is 34.5 Å². The summed E-state index contributed by atoms with van der Waals surface area (Å²) in [6, 6.07) is 0. The van der Waals surface area contributed by atoms with Crippen molar-refractivity contribution in [2.75, 3.05) is 6.61 Å². The number of alkyl halides is 1. The second-order valence-corrected chi connectivity index (χ2v) is 11.9. The minimum absolute atomic E-state index is 0.114. The zero-order chi connectivity index (χ0) is 26.8. The summed E-state index contributed by atoms with van der Waals surface area (Å²) >= 11 is 0. The van der Waals surface area contributed by atoms with Crippen LogP contribution in [0.1, 0.15) is 67.2 Å². The summed E-state index contributed by atoms with van der Waals surface area (Å²) in [6.07, 6.45) is 4.14. The van der Waals surface area contributed by atoms with Crippen molar-refractivity contribution >= 4 is 23.5 Å². The molecule has 0 aromatic rings. The lowest BCUT2D eigenvalue weighted by Gasteiger charge is -2.62. The summed E-state index contributed by atoms with van der Waals surface area (Å²) in [5, 5.41) is 11.5. The third-order valence-electron chi connectivity index (χ3n) is 9.73. The van der Waals surface area contributed by atoms with Gasteiger partial charge in [0.15, 0.2) is 23.7 Å². The van der Waals surface area contributed by atoms with Crippen LogP contribution in [0.4, 0.5) is 4.39 Å². The zero-order valence-electron chi connectivity index (χ0n) is 21.9. The number of ketones is 2. The van der Waals surface area contributed by atoms with Gasteiger partial charge in [-0.3, -0.25) is 19.2 Å². The Labute approximate surface area is 211 Å². The van der Waals surface area contributed by atoms with E-state index in [1.165, 1.54) is 19.1 Å². The van der Waals surface area contributed by atoms with Gasteiger partial charge in [0.1, 0.15) is 0 Å². The molecule has 3 fully saturated rings. The molecule has 7 nitrogen and oxygen atoms in total. The van der Waals surface area contributed by atoms with E-state index < -0.39 is 70.3 Å². The molecule has 4 rings (SSSR count). The predicted molar refractivity (Wildman–Crippen MR) is 128 cm³/mol. The van der Waals surface area contributed by atoms with Gasteiger partial charge in [0.2, 0.25) is 5.78 Å². The number of rotatable bonds is 5. The molecule has 0 bridgehead atoms. The van der Waals surface area contributed by atoms with Crippen LogP contribution in [-0.4, -0.2) is 52.6 Å². The fraction of sp³-hybridized carbons (Fsp3) is 0.714. The van der Waals surface area contributed by atoms with Crippen LogP contribution in [0.3, 0.4) is 0 Å². The summed E-state index contributed by atoms with van der Waals surface area (Å²) in [7, 11) is 0. The Morgan fingerprint density at radius 3 is 2.50 bits per heavy atom. The summed E-state index contributed by atoms with van der Waals surface area (Å²) in [4.78, 5) is 50.3. The number of Topliss-reactive ketones (excluding diaryl/α,β-unsaturated/α-hetero) is 1. The van der Waals surface area contributed by atoms with Crippen LogP contribution in [0.2, 0.25) is 0 Å². The molecule has 0 aromatic carbocycles. The van der Waals surface area contributed by atoms with Gasteiger partial charge in [-0.25, -0.2) is 4.39 Å². The van der Waals surface area contributed by atoms with Crippen LogP contribution in [0.25, 0.3) is 0 Å². The smallest absolute Gasteiger partial charge is 0.309 e. The number of esters is 2. The number of carbonyl (C=O) groups is 4. The van der Waals surface area contributed by atoms with Gasteiger partial charge in [0, 0.05) is 29.6 Å². The molecule has 198 valence electrons. The van der Waals surface area contributed by atoms with Crippen molar-refractivity contribution < 1.29 is 38.1 Å². The van der Waals surface area contributed by atoms with Crippen LogP contribution < -0.4 is 0 Å². The molecule has 0 aromatic heterocycles. The molecule has 4 aliphatic carbocycles. The molecule has 0 spiro atoms. The quantitative estimate of drug-likeness (QED) is 0.569. The minimum Gasteiger partial charge on any atom is -0.458 e. The van der Waals surface area contributed by atoms with Crippen LogP contribution in [0.5, 0.6) is 0 Å². The molecule has 8 heteroatoms. The van der Waals surface area contributed by atoms with E-state index in [0.29, 0.717) is 24.8 Å². The minimum atomic E-state index is -2.06. The molecule has 0 aliphatic heterocycles. The second kappa shape index (κ2) is 8.61. The molecule has 1 N–H and O–H groups in total. The van der Waals surface area contributed by atoms with E-state index in [1.54, 1.807) is 33.8 Å². The van der Waals surface area contributed by atoms with Crippen molar-refractivity contribution in [3.05, 3.63) is 23.8 Å². The molecule has 4 aliphatic rings. The van der Waals surface area contributed by atoms with Crippen LogP contribution in [-0.2, 0) is 28.7 Å². The van der Waals surface area contributed by atoms with E-state index in [2.05, 4.69) is 0 Å². The predicted octanol–water partition coefficient (Wildman–Crippen LogP) is 3.67. The molecule has 2 unspecified atom stereocenters. The van der Waals surface area contributed by atoms with Crippen LogP contribution in [0, 0.1) is 34.5 Å². The maximum atomic E-state index is 17.4. The molecule has 0 saturated heterocycles. The first-order valence-electron chi connectivity index (χ1n) is 12.9. The van der Waals surface area contributed by atoms with Crippen molar-refractivity contribution in [1.29, 1.82) is 0 Å². The number of ether oxygens (including phenoxy) is 2. The normalized spacial score (nSPS) is 43.2. The van der Waals surface area contributed by atoms with E-state index in [9.17, 15) is 24.3 Å². The van der Waals surface area contributed by atoms with E-state index in [4.69, 9.17) is 9.47 Å². The Morgan fingerprint density at radius 2 is 1.89 bits per heavy atom. The van der Waals surface area contributed by atoms with Gasteiger partial charge in [0.05, 0.1) is 12.0 Å². The molecule has 8 atom stereocenters. The highest BCUT2D eigenvalue weighted by Gasteiger charge is 2.77. The zero-order valence-corrected chi connectivity index (χ0v) is 21.9. The average molecular weight is 505 g/mol. The first-order valence-corrected chi connectivity index (χ1v) is 12.9. The Hall–Kier alpha value is -2.35. The van der Waals surface area contributed by atoms with Crippen molar-refractivity contribution in [3.8, 4) is 0 Å². The third kappa shape index (κ3) is 3.39. The molecule has 3 saturated carbocycles. The lowest BCUT2D eigenvalue weighted by Crippen LogP contribution is -2.70. The van der Waals surface area contributed by atoms with Gasteiger partial charge < -0.3 is 14.6 Å². The monoisotopic (exact) mass is 504 g/mol. The highest BCUT2D eigenvalue weighted by Crippen LogP contribution is 2.71. The Bertz CT molecular complexity index is 1060. The summed E-state index contributed by atoms with van der Waals surface area (Å²) in [5.41, 5.74) is -5.30. The Kier molecular flexibility index (Phi) is 6.38. The summed E-state index contributed by atoms with van der Waals surface area (Å²) in [6.45, 7) is 9.31. The van der Waals surface area contributed by atoms with Gasteiger partial charge in [-0.1, -0.05) is 39.3 Å². The lowest BCUT2D eigenvalue weighted by atomic mass is 9.44. The summed E-state index contributed by atoms with van der Waals surface area (Å²) in [5.74, 6) is -3.95. The van der Waals surface area contributed by atoms with Gasteiger partial charge in [-0.15, -0.1) is 0 Å². The van der Waals surface area contributed by atoms with E-state index >= 15 is 4.39 Å². The molecule has 36 heavy (non-hydrogen) atoms. The maximum Gasteiger partial charge on any atom is 0.309 e. The number of fused-ring (bicyclic) bond motifs is 5. The largest absolute Gasteiger partial charge is 0.458 e. The maximum absolute atomic E-state index is 17.4. The van der Waals surface area contributed by atoms with Crippen molar-refractivity contribution in [2.45, 2.75) is 84.6 Å². The van der Waals surface area contributed by atoms with Gasteiger partial charge in [-0.05, 0) is 50.7 Å². The van der Waals surface area contributed by atoms with Crippen molar-refractivity contribution in [3.63, 3.8) is 0 Å². The number of carbonyl (C=O) groups excluding carboxylic acids is 4. The van der Waals surface area contributed by atoms with Gasteiger partial charge in [0.25, 0.3) is 0 Å². The van der Waals surface area contributed by atoms with Crippen LogP contribution in [0.15, 0.2) is 23.8 Å². The van der Waals surface area contributed by atoms with Gasteiger partial charge >= 0.3 is 11.9 Å². The molecule has 0 heterocycles. The first-order chi connectivity index (χ1) is 16.6. The molecule has 0 radical (unpaired) electrons. The third-order valence-corrected chi connectivity index (χ3v) is 9.73. The average Bonchev–Trinajstić information content (AvgIpc) is 3.00. The van der Waals surface area contributed by atoms with Gasteiger partial charge in [-0.2, -0.15) is 0 Å². The number of halogens is 1. The van der Waals surface area contributed by atoms with E-state index in [1.807, 2.05) is 6.92 Å². The SMILES string of the molecule is CC(=O)OCC(=O)[C@@]1(OC(=O)C(C)C)C(C)C[C@H]2[C@@H]3CCC4=CC(=O)C=C[C@]4(C)[C@@]3(F)C(O)C[C@@]21C. The Morgan fingerprint density at radius 1 is 1.22 bits per heavy atom.